The van der Waals surface area contributed by atoms with Crippen LogP contribution in [0.5, 0.6) is 0 Å². The Morgan fingerprint density at radius 3 is 1.43 bits per heavy atom. The van der Waals surface area contributed by atoms with Crippen LogP contribution in [-0.4, -0.2) is 7.85 Å². The predicted octanol–water partition coefficient (Wildman–Crippen LogP) is 1.47. The number of hydrogen-bond donors (Lipinski definition) is 0. The van der Waals surface area contributed by atoms with Crippen LogP contribution >= 0.6 is 0 Å². The van der Waals surface area contributed by atoms with Crippen molar-refractivity contribution in [1.82, 2.24) is 0 Å². The average Bonchev–Trinajstić information content (AvgIpc) is 1.31. The van der Waals surface area contributed by atoms with E-state index in [-0.39, 0.29) is 0 Å². The van der Waals surface area contributed by atoms with Crippen LogP contribution in [0.2, 0.25) is 5.31 Å². The smallest absolute Gasteiger partial charge is 0.0670 e. The summed E-state index contributed by atoms with van der Waals surface area (Å²) in [6.07, 6.45) is 0. The van der Waals surface area contributed by atoms with Gasteiger partial charge in [-0.3, -0.25) is 0 Å². The van der Waals surface area contributed by atoms with Gasteiger partial charge >= 0.3 is 0 Å². The lowest BCUT2D eigenvalue weighted by Crippen LogP contribution is -2.09. The van der Waals surface area contributed by atoms with Gasteiger partial charge in [-0.1, -0.05) is 33.0 Å². The van der Waals surface area contributed by atoms with Gasteiger partial charge in [-0.15, -0.1) is 0 Å². The van der Waals surface area contributed by atoms with Crippen LogP contribution in [0.25, 0.3) is 0 Å². The molecule has 7 heavy (non-hydrogen) atoms. The molecule has 0 aliphatic heterocycles. The Hall–Kier alpha value is 0.0649. The molecule has 0 nitrogen and oxygen atoms in total. The molecular weight excluding hydrogens is 82.9 g/mol. The highest BCUT2D eigenvalue weighted by molar-refractivity contribution is 6.14. The molecule has 1 heteroatoms. The zero-order valence-electron chi connectivity index (χ0n) is 6.08. The molecule has 0 aromatic heterocycles. The lowest BCUT2D eigenvalue weighted by atomic mass is 9.65. The van der Waals surface area contributed by atoms with Gasteiger partial charge < -0.3 is 0 Å². The molecule has 0 unspecified atom stereocenters. The monoisotopic (exact) mass is 98.1 g/mol. The maximum atomic E-state index is 2.26. The minimum Gasteiger partial charge on any atom is -0.0670 e. The standard InChI is InChI=1S/C6H15B/c1-5(2)6(3,4)7/h5H,7H2,1-4H3. The fourth-order valence-corrected chi connectivity index (χ4v) is 0. The van der Waals surface area contributed by atoms with E-state index in [1.165, 1.54) is 0 Å². The van der Waals surface area contributed by atoms with Gasteiger partial charge in [0.1, 0.15) is 7.85 Å². The second-order valence-electron chi connectivity index (χ2n) is 3.52. The van der Waals surface area contributed by atoms with Gasteiger partial charge in [0.2, 0.25) is 0 Å². The molecular formula is C6H15B. The molecule has 0 N–H and O–H groups in total. The van der Waals surface area contributed by atoms with E-state index in [1.54, 1.807) is 0 Å². The lowest BCUT2D eigenvalue weighted by molar-refractivity contribution is 0.480. The molecule has 0 aliphatic rings. The Kier molecular flexibility index (Phi) is 1.91. The van der Waals surface area contributed by atoms with Crippen LogP contribution in [0.3, 0.4) is 0 Å². The van der Waals surface area contributed by atoms with Crippen molar-refractivity contribution >= 4 is 7.85 Å². The SMILES string of the molecule is BC(C)(C)C(C)C. The summed E-state index contributed by atoms with van der Waals surface area (Å²) < 4.78 is 0. The van der Waals surface area contributed by atoms with Crippen LogP contribution in [0.15, 0.2) is 0 Å². The predicted molar refractivity (Wildman–Crippen MR) is 37.4 cm³/mol. The normalized spacial score (nSPS) is 12.7. The Bertz CT molecular complexity index is 49.7. The Morgan fingerprint density at radius 1 is 1.29 bits per heavy atom. The summed E-state index contributed by atoms with van der Waals surface area (Å²) in [7, 11) is 2.26. The molecule has 0 aromatic rings. The third-order valence-corrected chi connectivity index (χ3v) is 1.73. The molecule has 0 heterocycles. The van der Waals surface area contributed by atoms with Crippen molar-refractivity contribution in [2.24, 2.45) is 5.92 Å². The van der Waals surface area contributed by atoms with Crippen LogP contribution < -0.4 is 0 Å². The third-order valence-electron chi connectivity index (χ3n) is 1.73. The van der Waals surface area contributed by atoms with Gasteiger partial charge in [-0.25, -0.2) is 0 Å². The van der Waals surface area contributed by atoms with E-state index in [0.29, 0.717) is 5.31 Å². The third kappa shape index (κ3) is 2.72. The molecule has 0 aromatic carbocycles. The second kappa shape index (κ2) is 1.89. The minimum absolute atomic E-state index is 0.500. The first-order chi connectivity index (χ1) is 2.94. The molecule has 0 saturated carbocycles. The summed E-state index contributed by atoms with van der Waals surface area (Å²) in [6.45, 7) is 9.02. The quantitative estimate of drug-likeness (QED) is 0.435. The lowest BCUT2D eigenvalue weighted by Gasteiger charge is -2.22. The van der Waals surface area contributed by atoms with Gasteiger partial charge in [0.25, 0.3) is 0 Å². The highest BCUT2D eigenvalue weighted by atomic mass is 14.1. The Balaban J connectivity index is 3.54. The highest BCUT2D eigenvalue weighted by Crippen LogP contribution is 2.28. The Morgan fingerprint density at radius 2 is 1.43 bits per heavy atom. The molecule has 0 fully saturated rings. The summed E-state index contributed by atoms with van der Waals surface area (Å²) in [5, 5.41) is 0.500. The van der Waals surface area contributed by atoms with E-state index in [2.05, 4.69) is 35.5 Å². The summed E-state index contributed by atoms with van der Waals surface area (Å²) in [5.74, 6) is 0.799. The van der Waals surface area contributed by atoms with Crippen LogP contribution in [0.4, 0.5) is 0 Å². The van der Waals surface area contributed by atoms with E-state index in [1.807, 2.05) is 0 Å². The van der Waals surface area contributed by atoms with Crippen molar-refractivity contribution in [2.45, 2.75) is 33.0 Å². The largest absolute Gasteiger partial charge is 0.109 e. The molecule has 0 radical (unpaired) electrons. The van der Waals surface area contributed by atoms with Gasteiger partial charge in [0.15, 0.2) is 0 Å². The van der Waals surface area contributed by atoms with Gasteiger partial charge in [-0.2, -0.15) is 0 Å². The highest BCUT2D eigenvalue weighted by Gasteiger charge is 2.13. The number of hydrogen-bond acceptors (Lipinski definition) is 0. The zero-order valence-corrected chi connectivity index (χ0v) is 6.08. The van der Waals surface area contributed by atoms with E-state index in [9.17, 15) is 0 Å². The molecule has 0 amide bonds. The van der Waals surface area contributed by atoms with Crippen molar-refractivity contribution in [3.05, 3.63) is 0 Å². The molecule has 42 valence electrons. The van der Waals surface area contributed by atoms with Crippen LogP contribution in [0.1, 0.15) is 27.7 Å². The number of rotatable bonds is 1. The molecule has 0 rings (SSSR count). The van der Waals surface area contributed by atoms with Crippen molar-refractivity contribution in [3.63, 3.8) is 0 Å². The first-order valence-corrected chi connectivity index (χ1v) is 2.94. The van der Waals surface area contributed by atoms with Crippen LogP contribution in [-0.2, 0) is 0 Å². The van der Waals surface area contributed by atoms with Gasteiger partial charge in [-0.05, 0) is 5.92 Å². The van der Waals surface area contributed by atoms with Gasteiger partial charge in [0, 0.05) is 0 Å². The van der Waals surface area contributed by atoms with Crippen molar-refractivity contribution in [3.8, 4) is 0 Å². The molecule has 0 atom stereocenters. The first-order valence-electron chi connectivity index (χ1n) is 2.94. The maximum absolute atomic E-state index is 2.26. The molecule has 0 spiro atoms. The molecule has 0 bridgehead atoms. The van der Waals surface area contributed by atoms with Crippen molar-refractivity contribution in [2.75, 3.05) is 0 Å². The van der Waals surface area contributed by atoms with E-state index >= 15 is 0 Å². The molecule has 0 saturated heterocycles. The van der Waals surface area contributed by atoms with Crippen LogP contribution in [0, 0.1) is 5.92 Å². The van der Waals surface area contributed by atoms with E-state index in [0.717, 1.165) is 5.92 Å². The fraction of sp³-hybridized carbons (Fsp3) is 1.00. The first kappa shape index (κ1) is 7.06. The van der Waals surface area contributed by atoms with E-state index in [4.69, 9.17) is 0 Å². The maximum Gasteiger partial charge on any atom is 0.109 e. The topological polar surface area (TPSA) is 0 Å². The van der Waals surface area contributed by atoms with Crippen molar-refractivity contribution < 1.29 is 0 Å². The average molecular weight is 98.0 g/mol. The molecule has 0 aliphatic carbocycles. The van der Waals surface area contributed by atoms with E-state index < -0.39 is 0 Å². The summed E-state index contributed by atoms with van der Waals surface area (Å²) >= 11 is 0. The van der Waals surface area contributed by atoms with Crippen molar-refractivity contribution in [1.29, 1.82) is 0 Å². The summed E-state index contributed by atoms with van der Waals surface area (Å²) in [4.78, 5) is 0. The Labute approximate surface area is 47.7 Å². The zero-order chi connectivity index (χ0) is 6.08. The fourth-order valence-electron chi connectivity index (χ4n) is 0. The minimum atomic E-state index is 0.500. The summed E-state index contributed by atoms with van der Waals surface area (Å²) in [6, 6.07) is 0. The van der Waals surface area contributed by atoms with Gasteiger partial charge in [0.05, 0.1) is 0 Å². The summed E-state index contributed by atoms with van der Waals surface area (Å²) in [5.41, 5.74) is 0. The second-order valence-corrected chi connectivity index (χ2v) is 3.52.